The highest BCUT2D eigenvalue weighted by atomic mass is 16.4. The first-order valence-corrected chi connectivity index (χ1v) is 6.48. The molecule has 1 heterocycles. The largest absolute Gasteiger partial charge is 0.481 e. The molecule has 0 aliphatic heterocycles. The van der Waals surface area contributed by atoms with E-state index >= 15 is 0 Å². The molecule has 0 radical (unpaired) electrons. The van der Waals surface area contributed by atoms with E-state index in [2.05, 4.69) is 20.5 Å². The number of rotatable bonds is 5. The van der Waals surface area contributed by atoms with Gasteiger partial charge in [-0.25, -0.2) is 4.98 Å². The van der Waals surface area contributed by atoms with Gasteiger partial charge in [-0.15, -0.1) is 5.10 Å². The number of H-pyrrole nitrogens is 1. The monoisotopic (exact) mass is 282 g/mol. The van der Waals surface area contributed by atoms with Crippen LogP contribution in [0.1, 0.15) is 63.9 Å². The van der Waals surface area contributed by atoms with E-state index in [9.17, 15) is 9.59 Å². The maximum atomic E-state index is 12.0. The Morgan fingerprint density at radius 3 is 2.30 bits per heavy atom. The molecule has 7 nitrogen and oxygen atoms in total. The number of hydrogen-bond acceptors (Lipinski definition) is 4. The van der Waals surface area contributed by atoms with Crippen LogP contribution in [-0.2, 0) is 10.2 Å². The van der Waals surface area contributed by atoms with Crippen LogP contribution in [0.2, 0.25) is 0 Å². The van der Waals surface area contributed by atoms with Gasteiger partial charge in [0.2, 0.25) is 5.82 Å². The molecule has 1 rings (SSSR count). The third kappa shape index (κ3) is 4.64. The molecule has 0 saturated carbocycles. The van der Waals surface area contributed by atoms with E-state index < -0.39 is 17.4 Å². The summed E-state index contributed by atoms with van der Waals surface area (Å²) >= 11 is 0. The average Bonchev–Trinajstić information content (AvgIpc) is 2.74. The third-order valence-corrected chi connectivity index (χ3v) is 2.81. The molecule has 20 heavy (non-hydrogen) atoms. The minimum atomic E-state index is -0.889. The molecule has 0 aliphatic carbocycles. The molecule has 112 valence electrons. The molecule has 0 saturated heterocycles. The molecular formula is C13H22N4O3. The van der Waals surface area contributed by atoms with Crippen molar-refractivity contribution in [2.24, 2.45) is 0 Å². The van der Waals surface area contributed by atoms with E-state index in [1.165, 1.54) is 0 Å². The standard InChI is InChI=1S/C13H22N4O3/c1-12(2,3)11-14-9(16-17-11)10(20)15-13(4,5)7-6-8(18)19/h6-7H2,1-5H3,(H,15,20)(H,18,19)(H,14,16,17). The molecule has 1 aromatic rings. The lowest BCUT2D eigenvalue weighted by molar-refractivity contribution is -0.137. The molecule has 0 spiro atoms. The highest BCUT2D eigenvalue weighted by Gasteiger charge is 2.26. The van der Waals surface area contributed by atoms with Crippen molar-refractivity contribution in [3.8, 4) is 0 Å². The number of nitrogens with one attached hydrogen (secondary N) is 2. The number of carbonyl (C=O) groups is 2. The summed E-state index contributed by atoms with van der Waals surface area (Å²) in [4.78, 5) is 26.8. The first-order valence-electron chi connectivity index (χ1n) is 6.48. The second-order valence-electron chi connectivity index (χ2n) is 6.49. The minimum absolute atomic E-state index is 0.00544. The van der Waals surface area contributed by atoms with Gasteiger partial charge < -0.3 is 10.4 Å². The summed E-state index contributed by atoms with van der Waals surface area (Å²) in [5.41, 5.74) is -0.845. The maximum Gasteiger partial charge on any atom is 0.303 e. The molecule has 1 amide bonds. The Hall–Kier alpha value is -1.92. The predicted molar refractivity (Wildman–Crippen MR) is 73.5 cm³/mol. The van der Waals surface area contributed by atoms with E-state index in [1.807, 2.05) is 20.8 Å². The van der Waals surface area contributed by atoms with Crippen LogP contribution in [-0.4, -0.2) is 37.7 Å². The van der Waals surface area contributed by atoms with Crippen molar-refractivity contribution < 1.29 is 14.7 Å². The summed E-state index contributed by atoms with van der Waals surface area (Å²) < 4.78 is 0. The summed E-state index contributed by atoms with van der Waals surface area (Å²) in [5.74, 6) is -0.600. The molecule has 0 fully saturated rings. The van der Waals surface area contributed by atoms with Crippen LogP contribution >= 0.6 is 0 Å². The topological polar surface area (TPSA) is 108 Å². The van der Waals surface area contributed by atoms with Crippen LogP contribution in [0.5, 0.6) is 0 Å². The first kappa shape index (κ1) is 16.1. The number of aromatic amines is 1. The fourth-order valence-electron chi connectivity index (χ4n) is 1.54. The number of aromatic nitrogens is 3. The number of aliphatic carboxylic acids is 1. The molecular weight excluding hydrogens is 260 g/mol. The number of hydrogen-bond donors (Lipinski definition) is 3. The van der Waals surface area contributed by atoms with Crippen LogP contribution in [0.3, 0.4) is 0 Å². The van der Waals surface area contributed by atoms with E-state index in [4.69, 9.17) is 5.11 Å². The summed E-state index contributed by atoms with van der Waals surface area (Å²) in [6.45, 7) is 9.43. The zero-order chi connectivity index (χ0) is 15.6. The van der Waals surface area contributed by atoms with Crippen LogP contribution < -0.4 is 5.32 Å². The third-order valence-electron chi connectivity index (χ3n) is 2.81. The van der Waals surface area contributed by atoms with Gasteiger partial charge in [0.25, 0.3) is 5.91 Å². The second kappa shape index (κ2) is 5.60. The van der Waals surface area contributed by atoms with Crippen molar-refractivity contribution in [2.75, 3.05) is 0 Å². The summed E-state index contributed by atoms with van der Waals surface area (Å²) in [5, 5.41) is 18.1. The first-order chi connectivity index (χ1) is 9.01. The van der Waals surface area contributed by atoms with Crippen molar-refractivity contribution in [3.05, 3.63) is 11.6 Å². The quantitative estimate of drug-likeness (QED) is 0.758. The van der Waals surface area contributed by atoms with Crippen molar-refractivity contribution in [1.29, 1.82) is 0 Å². The summed E-state index contributed by atoms with van der Waals surface area (Å²) in [6, 6.07) is 0. The number of amides is 1. The fourth-order valence-corrected chi connectivity index (χ4v) is 1.54. The summed E-state index contributed by atoms with van der Waals surface area (Å²) in [7, 11) is 0. The zero-order valence-corrected chi connectivity index (χ0v) is 12.6. The lowest BCUT2D eigenvalue weighted by atomic mass is 9.96. The van der Waals surface area contributed by atoms with Crippen LogP contribution in [0.15, 0.2) is 0 Å². The van der Waals surface area contributed by atoms with E-state index in [1.54, 1.807) is 13.8 Å². The minimum Gasteiger partial charge on any atom is -0.481 e. The van der Waals surface area contributed by atoms with Gasteiger partial charge in [0.15, 0.2) is 0 Å². The van der Waals surface area contributed by atoms with Crippen LogP contribution in [0.4, 0.5) is 0 Å². The lowest BCUT2D eigenvalue weighted by Gasteiger charge is -2.24. The molecule has 0 unspecified atom stereocenters. The smallest absolute Gasteiger partial charge is 0.303 e. The molecule has 0 atom stereocenters. The Bertz CT molecular complexity index is 500. The number of nitrogens with zero attached hydrogens (tertiary/aromatic N) is 2. The van der Waals surface area contributed by atoms with Gasteiger partial charge in [0, 0.05) is 17.4 Å². The molecule has 0 aliphatic rings. The fraction of sp³-hybridized carbons (Fsp3) is 0.692. The van der Waals surface area contributed by atoms with Gasteiger partial charge in [0.1, 0.15) is 5.82 Å². The highest BCUT2D eigenvalue weighted by Crippen LogP contribution is 2.18. The van der Waals surface area contributed by atoms with Crippen molar-refractivity contribution in [3.63, 3.8) is 0 Å². The SMILES string of the molecule is CC(C)(CCC(=O)O)NC(=O)c1n[nH]c(C(C)(C)C)n1. The van der Waals surface area contributed by atoms with Crippen molar-refractivity contribution in [2.45, 2.75) is 58.4 Å². The van der Waals surface area contributed by atoms with Crippen molar-refractivity contribution >= 4 is 11.9 Å². The Labute approximate surface area is 118 Å². The van der Waals surface area contributed by atoms with Crippen molar-refractivity contribution in [1.82, 2.24) is 20.5 Å². The van der Waals surface area contributed by atoms with E-state index in [0.717, 1.165) is 0 Å². The molecule has 1 aromatic heterocycles. The Balaban J connectivity index is 2.71. The van der Waals surface area contributed by atoms with Gasteiger partial charge in [0.05, 0.1) is 0 Å². The van der Waals surface area contributed by atoms with E-state index in [0.29, 0.717) is 12.2 Å². The average molecular weight is 282 g/mol. The van der Waals surface area contributed by atoms with E-state index in [-0.39, 0.29) is 17.7 Å². The summed E-state index contributed by atoms with van der Waals surface area (Å²) in [6.07, 6.45) is 0.332. The van der Waals surface area contributed by atoms with Gasteiger partial charge in [-0.3, -0.25) is 14.7 Å². The number of carboxylic acid groups (broad SMARTS) is 1. The number of carbonyl (C=O) groups excluding carboxylic acids is 1. The Morgan fingerprint density at radius 1 is 1.25 bits per heavy atom. The molecule has 0 bridgehead atoms. The zero-order valence-electron chi connectivity index (χ0n) is 12.6. The predicted octanol–water partition coefficient (Wildman–Crippen LogP) is 1.48. The van der Waals surface area contributed by atoms with Crippen LogP contribution in [0, 0.1) is 0 Å². The normalized spacial score (nSPS) is 12.2. The Kier molecular flexibility index (Phi) is 4.52. The van der Waals surface area contributed by atoms with Gasteiger partial charge in [-0.2, -0.15) is 0 Å². The maximum absolute atomic E-state index is 12.0. The Morgan fingerprint density at radius 2 is 1.85 bits per heavy atom. The molecule has 0 aromatic carbocycles. The highest BCUT2D eigenvalue weighted by molar-refractivity contribution is 5.90. The number of carboxylic acids is 1. The second-order valence-corrected chi connectivity index (χ2v) is 6.49. The van der Waals surface area contributed by atoms with Crippen LogP contribution in [0.25, 0.3) is 0 Å². The van der Waals surface area contributed by atoms with Gasteiger partial charge in [-0.1, -0.05) is 20.8 Å². The molecule has 3 N–H and O–H groups in total. The van der Waals surface area contributed by atoms with Gasteiger partial charge in [-0.05, 0) is 20.3 Å². The lowest BCUT2D eigenvalue weighted by Crippen LogP contribution is -2.44. The molecule has 7 heteroatoms. The van der Waals surface area contributed by atoms with Gasteiger partial charge >= 0.3 is 5.97 Å².